The predicted octanol–water partition coefficient (Wildman–Crippen LogP) is 2.92. The Morgan fingerprint density at radius 3 is 2.48 bits per heavy atom. The van der Waals surface area contributed by atoms with Crippen molar-refractivity contribution >= 4 is 12.1 Å². The third-order valence-electron chi connectivity index (χ3n) is 2.58. The van der Waals surface area contributed by atoms with Crippen LogP contribution >= 0.6 is 0 Å². The highest BCUT2D eigenvalue weighted by Crippen LogP contribution is 2.29. The highest BCUT2D eigenvalue weighted by molar-refractivity contribution is 5.90. The molecule has 5 nitrogen and oxygen atoms in total. The normalized spacial score (nSPS) is 18.1. The van der Waals surface area contributed by atoms with E-state index in [1.807, 2.05) is 0 Å². The van der Waals surface area contributed by atoms with E-state index < -0.39 is 29.8 Å². The molecule has 0 heterocycles. The molecule has 1 amide bonds. The molecule has 0 spiro atoms. The van der Waals surface area contributed by atoms with Gasteiger partial charge in [0.25, 0.3) is 6.08 Å². The van der Waals surface area contributed by atoms with Gasteiger partial charge in [0.15, 0.2) is 0 Å². The highest BCUT2D eigenvalue weighted by Gasteiger charge is 2.31. The minimum absolute atomic E-state index is 0.0979. The lowest BCUT2D eigenvalue weighted by Crippen LogP contribution is -2.38. The number of amides is 1. The topological polar surface area (TPSA) is 64.6 Å². The Hall–Kier alpha value is -1.92. The smallest absolute Gasteiger partial charge is 0.408 e. The van der Waals surface area contributed by atoms with Crippen molar-refractivity contribution in [3.63, 3.8) is 0 Å². The first kappa shape index (κ1) is 17.1. The van der Waals surface area contributed by atoms with Gasteiger partial charge in [-0.2, -0.15) is 8.78 Å². The lowest BCUT2D eigenvalue weighted by atomic mass is 10.1. The van der Waals surface area contributed by atoms with Gasteiger partial charge in [0, 0.05) is 17.6 Å². The van der Waals surface area contributed by atoms with Gasteiger partial charge >= 0.3 is 12.1 Å². The van der Waals surface area contributed by atoms with Crippen LogP contribution < -0.4 is 5.32 Å². The van der Waals surface area contributed by atoms with Crippen LogP contribution in [0.25, 0.3) is 0 Å². The molecule has 7 heteroatoms. The molecular weight excluding hydrogens is 284 g/mol. The highest BCUT2D eigenvalue weighted by atomic mass is 19.3. The number of carbonyl (C=O) groups is 2. The summed E-state index contributed by atoms with van der Waals surface area (Å²) in [5.41, 5.74) is -0.973. The average molecular weight is 303 g/mol. The zero-order valence-corrected chi connectivity index (χ0v) is 12.5. The fourth-order valence-corrected chi connectivity index (χ4v) is 1.79. The number of halogens is 2. The predicted molar refractivity (Wildman–Crippen MR) is 71.7 cm³/mol. The van der Waals surface area contributed by atoms with Crippen LogP contribution in [0.2, 0.25) is 0 Å². The number of nitrogens with one attached hydrogen (secondary N) is 1. The van der Waals surface area contributed by atoms with E-state index in [2.05, 4.69) is 5.32 Å². The summed E-state index contributed by atoms with van der Waals surface area (Å²) < 4.78 is 35.6. The second-order valence-electron chi connectivity index (χ2n) is 5.50. The molecular formula is C14H19F2NO4. The van der Waals surface area contributed by atoms with Gasteiger partial charge < -0.3 is 14.8 Å². The van der Waals surface area contributed by atoms with Crippen LogP contribution in [0.5, 0.6) is 0 Å². The zero-order chi connectivity index (χ0) is 16.2. The molecule has 0 aromatic rings. The number of carbonyl (C=O) groups excluding carboxylic acids is 2. The SMILES string of the molecule is CCOC(=O)C1=CC(NC(=O)OC(C)(C)C)C(=C(F)F)C1. The fourth-order valence-electron chi connectivity index (χ4n) is 1.79. The number of hydrogen-bond donors (Lipinski definition) is 1. The van der Waals surface area contributed by atoms with Gasteiger partial charge in [0.05, 0.1) is 12.6 Å². The van der Waals surface area contributed by atoms with Crippen molar-refractivity contribution in [3.05, 3.63) is 23.3 Å². The summed E-state index contributed by atoms with van der Waals surface area (Å²) in [5.74, 6) is -0.662. The standard InChI is InChI=1S/C14H19F2NO4/c1-5-20-12(18)8-6-9(11(15)16)10(7-8)17-13(19)21-14(2,3)4/h7,10H,5-6H2,1-4H3,(H,17,19). The molecule has 0 saturated carbocycles. The van der Waals surface area contributed by atoms with Crippen molar-refractivity contribution in [1.29, 1.82) is 0 Å². The van der Waals surface area contributed by atoms with Gasteiger partial charge in [0.1, 0.15) is 5.60 Å². The van der Waals surface area contributed by atoms with Crippen molar-refractivity contribution < 1.29 is 27.8 Å². The van der Waals surface area contributed by atoms with Crippen molar-refractivity contribution in [2.45, 2.75) is 45.8 Å². The van der Waals surface area contributed by atoms with Crippen molar-refractivity contribution in [2.24, 2.45) is 0 Å². The van der Waals surface area contributed by atoms with Crippen molar-refractivity contribution in [1.82, 2.24) is 5.32 Å². The Labute approximate surface area is 122 Å². The Morgan fingerprint density at radius 2 is 2.00 bits per heavy atom. The van der Waals surface area contributed by atoms with Gasteiger partial charge in [-0.15, -0.1) is 0 Å². The van der Waals surface area contributed by atoms with Gasteiger partial charge in [0.2, 0.25) is 0 Å². The average Bonchev–Trinajstić information content (AvgIpc) is 2.70. The lowest BCUT2D eigenvalue weighted by Gasteiger charge is -2.21. The summed E-state index contributed by atoms with van der Waals surface area (Å²) >= 11 is 0. The number of ether oxygens (including phenoxy) is 2. The maximum atomic E-state index is 12.9. The van der Waals surface area contributed by atoms with Crippen LogP contribution in [0.15, 0.2) is 23.3 Å². The van der Waals surface area contributed by atoms with E-state index in [0.29, 0.717) is 0 Å². The number of alkyl carbamates (subject to hydrolysis) is 1. The minimum atomic E-state index is -1.92. The van der Waals surface area contributed by atoms with Gasteiger partial charge in [-0.25, -0.2) is 9.59 Å². The molecule has 0 bridgehead atoms. The van der Waals surface area contributed by atoms with Crippen LogP contribution in [0.3, 0.4) is 0 Å². The second kappa shape index (κ2) is 6.69. The zero-order valence-electron chi connectivity index (χ0n) is 12.5. The summed E-state index contributed by atoms with van der Waals surface area (Å²) in [6, 6.07) is -1.07. The molecule has 1 unspecified atom stereocenters. The van der Waals surface area contributed by atoms with Gasteiger partial charge in [-0.1, -0.05) is 0 Å². The third kappa shape index (κ3) is 5.17. The molecule has 1 aliphatic carbocycles. The molecule has 0 aromatic heterocycles. The summed E-state index contributed by atoms with van der Waals surface area (Å²) in [4.78, 5) is 23.2. The summed E-state index contributed by atoms with van der Waals surface area (Å²) in [5, 5.41) is 2.31. The van der Waals surface area contributed by atoms with Crippen LogP contribution in [-0.4, -0.2) is 30.3 Å². The van der Waals surface area contributed by atoms with Crippen LogP contribution in [0.1, 0.15) is 34.1 Å². The maximum absolute atomic E-state index is 12.9. The van der Waals surface area contributed by atoms with E-state index in [1.54, 1.807) is 27.7 Å². The lowest BCUT2D eigenvalue weighted by molar-refractivity contribution is -0.138. The largest absolute Gasteiger partial charge is 0.463 e. The summed E-state index contributed by atoms with van der Waals surface area (Å²) in [7, 11) is 0. The Kier molecular flexibility index (Phi) is 5.46. The van der Waals surface area contributed by atoms with Crippen molar-refractivity contribution in [3.8, 4) is 0 Å². The molecule has 118 valence electrons. The summed E-state index contributed by atoms with van der Waals surface area (Å²) in [6.07, 6.45) is -1.74. The molecule has 1 N–H and O–H groups in total. The quantitative estimate of drug-likeness (QED) is 0.814. The Bertz CT molecular complexity index is 488. The fraction of sp³-hybridized carbons (Fsp3) is 0.571. The van der Waals surface area contributed by atoms with E-state index >= 15 is 0 Å². The Balaban J connectivity index is 2.84. The van der Waals surface area contributed by atoms with Crippen LogP contribution in [-0.2, 0) is 14.3 Å². The number of rotatable bonds is 3. The van der Waals surface area contributed by atoms with E-state index in [-0.39, 0.29) is 24.2 Å². The molecule has 0 aliphatic heterocycles. The monoisotopic (exact) mass is 303 g/mol. The molecule has 21 heavy (non-hydrogen) atoms. The van der Waals surface area contributed by atoms with Crippen molar-refractivity contribution in [2.75, 3.05) is 6.61 Å². The summed E-state index contributed by atoms with van der Waals surface area (Å²) in [6.45, 7) is 6.75. The first-order valence-electron chi connectivity index (χ1n) is 6.55. The molecule has 1 aliphatic rings. The Morgan fingerprint density at radius 1 is 1.38 bits per heavy atom. The van der Waals surface area contributed by atoms with Gasteiger partial charge in [-0.3, -0.25) is 0 Å². The number of hydrogen-bond acceptors (Lipinski definition) is 4. The van der Waals surface area contributed by atoms with Crippen LogP contribution in [0, 0.1) is 0 Å². The minimum Gasteiger partial charge on any atom is -0.463 e. The first-order chi connectivity index (χ1) is 9.64. The van der Waals surface area contributed by atoms with E-state index in [0.717, 1.165) is 0 Å². The molecule has 0 aromatic carbocycles. The van der Waals surface area contributed by atoms with E-state index in [9.17, 15) is 18.4 Å². The number of esters is 1. The third-order valence-corrected chi connectivity index (χ3v) is 2.58. The first-order valence-corrected chi connectivity index (χ1v) is 6.55. The second-order valence-corrected chi connectivity index (χ2v) is 5.50. The maximum Gasteiger partial charge on any atom is 0.408 e. The van der Waals surface area contributed by atoms with Gasteiger partial charge in [-0.05, 0) is 33.8 Å². The molecule has 1 rings (SSSR count). The molecule has 0 radical (unpaired) electrons. The van der Waals surface area contributed by atoms with Crippen LogP contribution in [0.4, 0.5) is 13.6 Å². The molecule has 1 atom stereocenters. The van der Waals surface area contributed by atoms with E-state index in [1.165, 1.54) is 6.08 Å². The molecule has 0 saturated heterocycles. The van der Waals surface area contributed by atoms with E-state index in [4.69, 9.17) is 9.47 Å². The molecule has 0 fully saturated rings.